The highest BCUT2D eigenvalue weighted by Crippen LogP contribution is 2.17. The molecule has 0 aliphatic heterocycles. The molecule has 0 aliphatic rings. The molecule has 22 heavy (non-hydrogen) atoms. The highest BCUT2D eigenvalue weighted by Gasteiger charge is 2.01. The smallest absolute Gasteiger partial charge is 0.244 e. The van der Waals surface area contributed by atoms with Crippen molar-refractivity contribution in [1.82, 2.24) is 5.32 Å². The lowest BCUT2D eigenvalue weighted by Gasteiger charge is -2.05. The summed E-state index contributed by atoms with van der Waals surface area (Å²) in [6, 6.07) is 17.8. The van der Waals surface area contributed by atoms with E-state index in [1.807, 2.05) is 49.4 Å². The fraction of sp³-hybridized carbons (Fsp3) is 0.211. The van der Waals surface area contributed by atoms with Crippen LogP contribution in [-0.4, -0.2) is 19.6 Å². The number of ether oxygens (including phenoxy) is 1. The Hall–Kier alpha value is -2.55. The van der Waals surface area contributed by atoms with Gasteiger partial charge in [0.15, 0.2) is 0 Å². The molecule has 0 saturated carbocycles. The summed E-state index contributed by atoms with van der Waals surface area (Å²) in [6.07, 6.45) is 2.47. The van der Waals surface area contributed by atoms with Gasteiger partial charge in [-0.25, -0.2) is 0 Å². The average molecular weight is 295 g/mol. The number of methoxy groups -OCH3 is 1. The lowest BCUT2D eigenvalue weighted by Crippen LogP contribution is -2.23. The number of hydrogen-bond acceptors (Lipinski definition) is 2. The lowest BCUT2D eigenvalue weighted by molar-refractivity contribution is -0.116. The standard InChI is InChI=1S/C19H21NO2/c1-15(17-8-10-18(22-2)11-9-17)14-19(21)20-13-12-16-6-4-3-5-7-16/h3-11,14H,12-13H2,1-2H3,(H,20,21)/b15-14+. The van der Waals surface area contributed by atoms with E-state index in [-0.39, 0.29) is 5.91 Å². The summed E-state index contributed by atoms with van der Waals surface area (Å²) in [5.41, 5.74) is 3.16. The van der Waals surface area contributed by atoms with Gasteiger partial charge in [0.05, 0.1) is 7.11 Å². The van der Waals surface area contributed by atoms with Crippen LogP contribution in [-0.2, 0) is 11.2 Å². The molecule has 0 aliphatic carbocycles. The number of rotatable bonds is 6. The summed E-state index contributed by atoms with van der Waals surface area (Å²) in [5.74, 6) is 0.744. The van der Waals surface area contributed by atoms with Gasteiger partial charge >= 0.3 is 0 Å². The zero-order valence-electron chi connectivity index (χ0n) is 13.0. The zero-order chi connectivity index (χ0) is 15.8. The Labute approximate surface area is 131 Å². The first-order chi connectivity index (χ1) is 10.7. The van der Waals surface area contributed by atoms with Crippen LogP contribution < -0.4 is 10.1 Å². The maximum atomic E-state index is 11.9. The number of nitrogens with one attached hydrogen (secondary N) is 1. The van der Waals surface area contributed by atoms with Crippen LogP contribution in [0.5, 0.6) is 5.75 Å². The van der Waals surface area contributed by atoms with Crippen LogP contribution in [0.1, 0.15) is 18.1 Å². The Balaban J connectivity index is 1.86. The van der Waals surface area contributed by atoms with Crippen molar-refractivity contribution in [2.45, 2.75) is 13.3 Å². The molecule has 114 valence electrons. The second-order valence-electron chi connectivity index (χ2n) is 5.08. The molecule has 0 spiro atoms. The van der Waals surface area contributed by atoms with Gasteiger partial charge in [-0.05, 0) is 42.2 Å². The minimum absolute atomic E-state index is 0.0655. The summed E-state index contributed by atoms with van der Waals surface area (Å²) >= 11 is 0. The molecule has 3 heteroatoms. The Morgan fingerprint density at radius 1 is 1.09 bits per heavy atom. The van der Waals surface area contributed by atoms with Crippen LogP contribution in [0.4, 0.5) is 0 Å². The number of hydrogen-bond donors (Lipinski definition) is 1. The second-order valence-corrected chi connectivity index (χ2v) is 5.08. The number of carbonyl (C=O) groups excluding carboxylic acids is 1. The van der Waals surface area contributed by atoms with Crippen molar-refractivity contribution in [2.75, 3.05) is 13.7 Å². The van der Waals surface area contributed by atoms with Crippen molar-refractivity contribution in [1.29, 1.82) is 0 Å². The van der Waals surface area contributed by atoms with E-state index in [9.17, 15) is 4.79 Å². The highest BCUT2D eigenvalue weighted by molar-refractivity contribution is 5.94. The van der Waals surface area contributed by atoms with Crippen LogP contribution in [0.15, 0.2) is 60.7 Å². The fourth-order valence-electron chi connectivity index (χ4n) is 2.16. The van der Waals surface area contributed by atoms with Gasteiger partial charge in [-0.2, -0.15) is 0 Å². The maximum absolute atomic E-state index is 11.9. The van der Waals surface area contributed by atoms with Gasteiger partial charge in [0.2, 0.25) is 5.91 Å². The predicted molar refractivity (Wildman–Crippen MR) is 89.8 cm³/mol. The van der Waals surface area contributed by atoms with E-state index in [1.54, 1.807) is 13.2 Å². The van der Waals surface area contributed by atoms with E-state index in [2.05, 4.69) is 17.4 Å². The third kappa shape index (κ3) is 4.77. The summed E-state index contributed by atoms with van der Waals surface area (Å²) in [4.78, 5) is 11.9. The van der Waals surface area contributed by atoms with E-state index in [0.29, 0.717) is 6.54 Å². The Bertz CT molecular complexity index is 630. The van der Waals surface area contributed by atoms with Crippen molar-refractivity contribution in [3.63, 3.8) is 0 Å². The van der Waals surface area contributed by atoms with E-state index in [1.165, 1.54) is 5.56 Å². The van der Waals surface area contributed by atoms with Gasteiger partial charge in [0.25, 0.3) is 0 Å². The van der Waals surface area contributed by atoms with Crippen molar-refractivity contribution < 1.29 is 9.53 Å². The minimum atomic E-state index is -0.0655. The topological polar surface area (TPSA) is 38.3 Å². The SMILES string of the molecule is COc1ccc(/C(C)=C/C(=O)NCCc2ccccc2)cc1. The van der Waals surface area contributed by atoms with Gasteiger partial charge in [-0.15, -0.1) is 0 Å². The predicted octanol–water partition coefficient (Wildman–Crippen LogP) is 3.46. The molecule has 3 nitrogen and oxygen atoms in total. The number of carbonyl (C=O) groups is 1. The number of allylic oxidation sites excluding steroid dienone is 1. The van der Waals surface area contributed by atoms with Crippen molar-refractivity contribution in [3.8, 4) is 5.75 Å². The molecule has 2 aromatic rings. The maximum Gasteiger partial charge on any atom is 0.244 e. The molecule has 0 heterocycles. The number of amides is 1. The van der Waals surface area contributed by atoms with E-state index in [0.717, 1.165) is 23.3 Å². The van der Waals surface area contributed by atoms with Gasteiger partial charge in [0.1, 0.15) is 5.75 Å². The Morgan fingerprint density at radius 3 is 2.41 bits per heavy atom. The molecule has 0 atom stereocenters. The van der Waals surface area contributed by atoms with Crippen molar-refractivity contribution in [3.05, 3.63) is 71.8 Å². The molecule has 2 aromatic carbocycles. The molecule has 0 bridgehead atoms. The molecule has 0 fully saturated rings. The Kier molecular flexibility index (Phi) is 5.78. The highest BCUT2D eigenvalue weighted by atomic mass is 16.5. The van der Waals surface area contributed by atoms with Crippen LogP contribution >= 0.6 is 0 Å². The average Bonchev–Trinajstić information content (AvgIpc) is 2.56. The normalized spacial score (nSPS) is 11.1. The monoisotopic (exact) mass is 295 g/mol. The third-order valence-electron chi connectivity index (χ3n) is 3.45. The molecule has 0 radical (unpaired) electrons. The molecule has 1 amide bonds. The molecular weight excluding hydrogens is 274 g/mol. The molecular formula is C19H21NO2. The summed E-state index contributed by atoms with van der Waals surface area (Å²) in [7, 11) is 1.64. The van der Waals surface area contributed by atoms with Gasteiger partial charge < -0.3 is 10.1 Å². The molecule has 2 rings (SSSR count). The second kappa shape index (κ2) is 8.03. The van der Waals surface area contributed by atoms with Crippen LogP contribution in [0, 0.1) is 0 Å². The largest absolute Gasteiger partial charge is 0.497 e. The molecule has 1 N–H and O–H groups in total. The van der Waals surface area contributed by atoms with Gasteiger partial charge in [-0.1, -0.05) is 42.5 Å². The third-order valence-corrected chi connectivity index (χ3v) is 3.45. The summed E-state index contributed by atoms with van der Waals surface area (Å²) in [6.45, 7) is 2.56. The number of benzene rings is 2. The molecule has 0 saturated heterocycles. The Morgan fingerprint density at radius 2 is 1.77 bits per heavy atom. The summed E-state index contributed by atoms with van der Waals surface area (Å²) < 4.78 is 5.13. The molecule has 0 unspecified atom stereocenters. The first kappa shape index (κ1) is 15.8. The molecule has 0 aromatic heterocycles. The van der Waals surface area contributed by atoms with Gasteiger partial charge in [-0.3, -0.25) is 4.79 Å². The first-order valence-corrected chi connectivity index (χ1v) is 7.33. The fourth-order valence-corrected chi connectivity index (χ4v) is 2.16. The lowest BCUT2D eigenvalue weighted by atomic mass is 10.1. The van der Waals surface area contributed by atoms with Crippen LogP contribution in [0.3, 0.4) is 0 Å². The van der Waals surface area contributed by atoms with Crippen LogP contribution in [0.2, 0.25) is 0 Å². The minimum Gasteiger partial charge on any atom is -0.497 e. The van der Waals surface area contributed by atoms with Crippen molar-refractivity contribution >= 4 is 11.5 Å². The van der Waals surface area contributed by atoms with E-state index < -0.39 is 0 Å². The zero-order valence-corrected chi connectivity index (χ0v) is 13.0. The quantitative estimate of drug-likeness (QED) is 0.829. The summed E-state index contributed by atoms with van der Waals surface area (Å²) in [5, 5.41) is 2.91. The van der Waals surface area contributed by atoms with Gasteiger partial charge in [0, 0.05) is 12.6 Å². The first-order valence-electron chi connectivity index (χ1n) is 7.33. The van der Waals surface area contributed by atoms with E-state index >= 15 is 0 Å². The van der Waals surface area contributed by atoms with Crippen LogP contribution in [0.25, 0.3) is 5.57 Å². The van der Waals surface area contributed by atoms with E-state index in [4.69, 9.17) is 4.74 Å². The van der Waals surface area contributed by atoms with Crippen molar-refractivity contribution in [2.24, 2.45) is 0 Å².